The van der Waals surface area contributed by atoms with Gasteiger partial charge in [-0.1, -0.05) is 24.3 Å². The number of aromatic nitrogens is 1. The van der Waals surface area contributed by atoms with Crippen LogP contribution in [0, 0.1) is 5.82 Å². The third-order valence-corrected chi connectivity index (χ3v) is 7.99. The Morgan fingerprint density at radius 1 is 1.17 bits per heavy atom. The molecule has 8 nitrogen and oxygen atoms in total. The van der Waals surface area contributed by atoms with Gasteiger partial charge in [-0.05, 0) is 43.0 Å². The summed E-state index contributed by atoms with van der Waals surface area (Å²) in [5, 5.41) is 3.46. The molecule has 1 fully saturated rings. The molecule has 1 aliphatic rings. The van der Waals surface area contributed by atoms with E-state index < -0.39 is 32.7 Å². The summed E-state index contributed by atoms with van der Waals surface area (Å²) in [5.41, 5.74) is 2.00. The first-order valence-electron chi connectivity index (χ1n) is 11.0. The van der Waals surface area contributed by atoms with Crippen LogP contribution in [0.4, 0.5) is 4.39 Å². The number of fused-ring (bicyclic) bond motifs is 1. The van der Waals surface area contributed by atoms with E-state index in [1.807, 2.05) is 0 Å². The molecule has 11 heteroatoms. The molecule has 3 aromatic rings. The van der Waals surface area contributed by atoms with Crippen molar-refractivity contribution in [1.29, 1.82) is 0 Å². The maximum absolute atomic E-state index is 14.9. The topological polar surface area (TPSA) is 122 Å². The predicted octanol–water partition coefficient (Wildman–Crippen LogP) is 2.71. The number of sulfone groups is 1. The minimum absolute atomic E-state index is 0.00374. The lowest BCUT2D eigenvalue weighted by Gasteiger charge is -2.12. The number of benzene rings is 2. The number of halogens is 1. The molecule has 1 saturated carbocycles. The number of ketones is 1. The predicted molar refractivity (Wildman–Crippen MR) is 131 cm³/mol. The number of amides is 2. The molecule has 0 bridgehead atoms. The van der Waals surface area contributed by atoms with E-state index in [1.54, 1.807) is 24.3 Å². The van der Waals surface area contributed by atoms with Gasteiger partial charge in [-0.15, -0.1) is 11.3 Å². The van der Waals surface area contributed by atoms with Gasteiger partial charge in [-0.2, -0.15) is 0 Å². The Bertz CT molecular complexity index is 1410. The van der Waals surface area contributed by atoms with Crippen LogP contribution in [-0.2, 0) is 30.6 Å². The fourth-order valence-electron chi connectivity index (χ4n) is 3.65. The Morgan fingerprint density at radius 2 is 1.86 bits per heavy atom. The Hall–Kier alpha value is -3.18. The highest BCUT2D eigenvalue weighted by atomic mass is 32.2. The third-order valence-electron chi connectivity index (χ3n) is 5.47. The van der Waals surface area contributed by atoms with E-state index in [0.29, 0.717) is 15.8 Å². The third kappa shape index (κ3) is 6.09. The SMILES string of the molecule is CC(=O)Cc1ccc(-c2cc3nc(C(C(=O)NCC(=O)NC4CC4)S(C)(=O)=O)sc3cc2F)cc1. The van der Waals surface area contributed by atoms with E-state index in [2.05, 4.69) is 15.6 Å². The largest absolute Gasteiger partial charge is 0.352 e. The maximum atomic E-state index is 14.9. The standard InChI is InChI=1S/C24H24FN3O5S2/c1-13(29)9-14-3-5-15(6-4-14)17-10-19-20(11-18(17)25)34-24(28-19)22(35(2,32)33)23(31)26-12-21(30)27-16-7-8-16/h3-6,10-11,16,22H,7-9,12H2,1-2H3,(H,26,31)(H,27,30). The van der Waals surface area contributed by atoms with Crippen molar-refractivity contribution in [2.24, 2.45) is 0 Å². The Labute approximate surface area is 205 Å². The van der Waals surface area contributed by atoms with Crippen molar-refractivity contribution in [1.82, 2.24) is 15.6 Å². The molecule has 4 rings (SSSR count). The van der Waals surface area contributed by atoms with Crippen LogP contribution < -0.4 is 10.6 Å². The van der Waals surface area contributed by atoms with Crippen LogP contribution in [0.1, 0.15) is 35.6 Å². The number of carbonyl (C=O) groups is 3. The molecule has 0 spiro atoms. The summed E-state index contributed by atoms with van der Waals surface area (Å²) in [6.07, 6.45) is 2.98. The Kier molecular flexibility index (Phi) is 7.00. The van der Waals surface area contributed by atoms with Gasteiger partial charge in [0.2, 0.25) is 11.8 Å². The molecule has 2 aromatic carbocycles. The fraction of sp³-hybridized carbons (Fsp3) is 0.333. The van der Waals surface area contributed by atoms with Crippen LogP contribution in [0.3, 0.4) is 0 Å². The summed E-state index contributed by atoms with van der Waals surface area (Å²) in [6, 6.07) is 9.78. The molecule has 1 aromatic heterocycles. The Balaban J connectivity index is 1.60. The molecule has 1 aliphatic carbocycles. The molecule has 0 aliphatic heterocycles. The van der Waals surface area contributed by atoms with Crippen molar-refractivity contribution in [2.45, 2.75) is 37.5 Å². The molecule has 1 atom stereocenters. The van der Waals surface area contributed by atoms with Gasteiger partial charge in [-0.3, -0.25) is 14.4 Å². The van der Waals surface area contributed by atoms with Crippen molar-refractivity contribution >= 4 is 49.0 Å². The smallest absolute Gasteiger partial charge is 0.245 e. The zero-order chi connectivity index (χ0) is 25.3. The highest BCUT2D eigenvalue weighted by Crippen LogP contribution is 2.35. The minimum atomic E-state index is -3.93. The first kappa shape index (κ1) is 24.9. The fourth-order valence-corrected chi connectivity index (χ4v) is 6.16. The van der Waals surface area contributed by atoms with E-state index in [9.17, 15) is 27.2 Å². The van der Waals surface area contributed by atoms with Gasteiger partial charge in [0.05, 0.1) is 16.8 Å². The quantitative estimate of drug-likeness (QED) is 0.450. The molecular weight excluding hydrogens is 493 g/mol. The molecule has 35 heavy (non-hydrogen) atoms. The number of carbonyl (C=O) groups excluding carboxylic acids is 3. The van der Waals surface area contributed by atoms with Gasteiger partial charge in [0.15, 0.2) is 15.1 Å². The zero-order valence-corrected chi connectivity index (χ0v) is 20.8. The number of rotatable bonds is 9. The first-order valence-corrected chi connectivity index (χ1v) is 13.7. The summed E-state index contributed by atoms with van der Waals surface area (Å²) in [6.45, 7) is 1.15. The molecule has 2 N–H and O–H groups in total. The number of nitrogens with zero attached hydrogens (tertiary/aromatic N) is 1. The van der Waals surface area contributed by atoms with Crippen LogP contribution in [0.5, 0.6) is 0 Å². The summed E-state index contributed by atoms with van der Waals surface area (Å²) in [7, 11) is -3.93. The van der Waals surface area contributed by atoms with Gasteiger partial charge in [0.25, 0.3) is 0 Å². The van der Waals surface area contributed by atoms with Crippen LogP contribution in [-0.4, -0.2) is 49.8 Å². The second-order valence-electron chi connectivity index (χ2n) is 8.70. The molecule has 1 heterocycles. The molecule has 0 saturated heterocycles. The maximum Gasteiger partial charge on any atom is 0.245 e. The van der Waals surface area contributed by atoms with Gasteiger partial charge in [0.1, 0.15) is 16.6 Å². The lowest BCUT2D eigenvalue weighted by molar-refractivity contribution is -0.126. The molecule has 0 radical (unpaired) electrons. The number of hydrogen-bond acceptors (Lipinski definition) is 7. The summed E-state index contributed by atoms with van der Waals surface area (Å²) in [5.74, 6) is -1.75. The van der Waals surface area contributed by atoms with Crippen molar-refractivity contribution in [2.75, 3.05) is 12.8 Å². The van der Waals surface area contributed by atoms with Gasteiger partial charge < -0.3 is 10.6 Å². The first-order chi connectivity index (χ1) is 16.5. The van der Waals surface area contributed by atoms with Crippen molar-refractivity contribution in [3.63, 3.8) is 0 Å². The Morgan fingerprint density at radius 3 is 2.46 bits per heavy atom. The molecular formula is C24H24FN3O5S2. The van der Waals surface area contributed by atoms with E-state index in [1.165, 1.54) is 19.1 Å². The highest BCUT2D eigenvalue weighted by molar-refractivity contribution is 7.91. The lowest BCUT2D eigenvalue weighted by atomic mass is 10.0. The second-order valence-corrected chi connectivity index (χ2v) is 11.9. The van der Waals surface area contributed by atoms with Gasteiger partial charge in [0, 0.05) is 24.3 Å². The molecule has 2 amide bonds. The number of hydrogen-bond donors (Lipinski definition) is 2. The van der Waals surface area contributed by atoms with Crippen LogP contribution in [0.15, 0.2) is 36.4 Å². The summed E-state index contributed by atoms with van der Waals surface area (Å²) < 4.78 is 40.2. The molecule has 184 valence electrons. The average Bonchev–Trinajstić information content (AvgIpc) is 3.48. The van der Waals surface area contributed by atoms with E-state index >= 15 is 0 Å². The number of Topliss-reactive ketones (excluding diaryl/α,β-unsaturated/α-hetero) is 1. The van der Waals surface area contributed by atoms with E-state index in [4.69, 9.17) is 0 Å². The summed E-state index contributed by atoms with van der Waals surface area (Å²) in [4.78, 5) is 40.3. The van der Waals surface area contributed by atoms with Crippen molar-refractivity contribution in [3.05, 3.63) is 52.8 Å². The number of nitrogens with one attached hydrogen (secondary N) is 2. The normalized spacial score (nSPS) is 14.5. The van der Waals surface area contributed by atoms with Crippen LogP contribution in [0.25, 0.3) is 21.3 Å². The molecule has 1 unspecified atom stereocenters. The van der Waals surface area contributed by atoms with E-state index in [0.717, 1.165) is 36.0 Å². The average molecular weight is 518 g/mol. The van der Waals surface area contributed by atoms with Crippen molar-refractivity contribution < 1.29 is 27.2 Å². The van der Waals surface area contributed by atoms with Crippen LogP contribution >= 0.6 is 11.3 Å². The summed E-state index contributed by atoms with van der Waals surface area (Å²) >= 11 is 0.914. The second kappa shape index (κ2) is 9.82. The van der Waals surface area contributed by atoms with E-state index in [-0.39, 0.29) is 35.4 Å². The lowest BCUT2D eigenvalue weighted by Crippen LogP contribution is -2.41. The zero-order valence-electron chi connectivity index (χ0n) is 19.1. The highest BCUT2D eigenvalue weighted by Gasteiger charge is 2.34. The van der Waals surface area contributed by atoms with Gasteiger partial charge in [-0.25, -0.2) is 17.8 Å². The van der Waals surface area contributed by atoms with Crippen LogP contribution in [0.2, 0.25) is 0 Å². The minimum Gasteiger partial charge on any atom is -0.352 e. The van der Waals surface area contributed by atoms with Gasteiger partial charge >= 0.3 is 0 Å². The van der Waals surface area contributed by atoms with Crippen molar-refractivity contribution in [3.8, 4) is 11.1 Å². The number of thiazole rings is 1. The monoisotopic (exact) mass is 517 g/mol.